The average Bonchev–Trinajstić information content (AvgIpc) is 2.80. The molecule has 0 aliphatic rings. The van der Waals surface area contributed by atoms with E-state index in [2.05, 4.69) is 39.1 Å². The summed E-state index contributed by atoms with van der Waals surface area (Å²) in [7, 11) is 0. The highest BCUT2D eigenvalue weighted by Gasteiger charge is 2.27. The van der Waals surface area contributed by atoms with E-state index in [9.17, 15) is 0 Å². The lowest BCUT2D eigenvalue weighted by Crippen LogP contribution is -2.36. The molecule has 0 spiro atoms. The van der Waals surface area contributed by atoms with E-state index in [4.69, 9.17) is 4.42 Å². The summed E-state index contributed by atoms with van der Waals surface area (Å²) in [6, 6.07) is 4.06. The molecule has 98 valence electrons. The SMILES string of the molecule is CCC(CC)(CNCC(C)C)Cc1ccco1. The first kappa shape index (κ1) is 14.3. The van der Waals surface area contributed by atoms with Gasteiger partial charge in [0.15, 0.2) is 0 Å². The molecule has 0 unspecified atom stereocenters. The summed E-state index contributed by atoms with van der Waals surface area (Å²) in [6.45, 7) is 11.2. The maximum atomic E-state index is 5.49. The van der Waals surface area contributed by atoms with Gasteiger partial charge in [-0.1, -0.05) is 27.7 Å². The fraction of sp³-hybridized carbons (Fsp3) is 0.733. The lowest BCUT2D eigenvalue weighted by atomic mass is 9.78. The van der Waals surface area contributed by atoms with Gasteiger partial charge in [-0.25, -0.2) is 0 Å². The van der Waals surface area contributed by atoms with Gasteiger partial charge in [0.25, 0.3) is 0 Å². The minimum Gasteiger partial charge on any atom is -0.469 e. The van der Waals surface area contributed by atoms with Crippen LogP contribution in [0.2, 0.25) is 0 Å². The first-order chi connectivity index (χ1) is 8.12. The molecule has 0 amide bonds. The van der Waals surface area contributed by atoms with Crippen molar-refractivity contribution in [1.82, 2.24) is 5.32 Å². The van der Waals surface area contributed by atoms with Crippen LogP contribution in [0.3, 0.4) is 0 Å². The quantitative estimate of drug-likeness (QED) is 0.742. The van der Waals surface area contributed by atoms with Crippen LogP contribution in [0.4, 0.5) is 0 Å². The third-order valence-electron chi connectivity index (χ3n) is 3.68. The third kappa shape index (κ3) is 4.55. The Morgan fingerprint density at radius 1 is 1.29 bits per heavy atom. The van der Waals surface area contributed by atoms with Crippen molar-refractivity contribution in [3.05, 3.63) is 24.2 Å². The van der Waals surface area contributed by atoms with Crippen LogP contribution in [0.5, 0.6) is 0 Å². The zero-order valence-corrected chi connectivity index (χ0v) is 11.8. The van der Waals surface area contributed by atoms with Gasteiger partial charge in [0, 0.05) is 13.0 Å². The first-order valence-electron chi connectivity index (χ1n) is 6.85. The molecule has 0 radical (unpaired) electrons. The Bertz CT molecular complexity index is 286. The van der Waals surface area contributed by atoms with Crippen LogP contribution >= 0.6 is 0 Å². The molecule has 0 saturated heterocycles. The predicted molar refractivity (Wildman–Crippen MR) is 73.1 cm³/mol. The van der Waals surface area contributed by atoms with Crippen LogP contribution in [0.15, 0.2) is 22.8 Å². The monoisotopic (exact) mass is 237 g/mol. The Balaban J connectivity index is 2.55. The molecule has 2 nitrogen and oxygen atoms in total. The van der Waals surface area contributed by atoms with Crippen LogP contribution in [0, 0.1) is 11.3 Å². The maximum Gasteiger partial charge on any atom is 0.104 e. The van der Waals surface area contributed by atoms with E-state index in [1.54, 1.807) is 6.26 Å². The Kier molecular flexibility index (Phi) is 5.76. The van der Waals surface area contributed by atoms with E-state index >= 15 is 0 Å². The van der Waals surface area contributed by atoms with Gasteiger partial charge in [0.2, 0.25) is 0 Å². The zero-order chi connectivity index (χ0) is 12.7. The van der Waals surface area contributed by atoms with Crippen molar-refractivity contribution in [3.63, 3.8) is 0 Å². The molecular formula is C15H27NO. The Hall–Kier alpha value is -0.760. The van der Waals surface area contributed by atoms with Crippen molar-refractivity contribution >= 4 is 0 Å². The third-order valence-corrected chi connectivity index (χ3v) is 3.68. The maximum absolute atomic E-state index is 5.49. The molecule has 1 N–H and O–H groups in total. The van der Waals surface area contributed by atoms with Gasteiger partial charge >= 0.3 is 0 Å². The van der Waals surface area contributed by atoms with E-state index in [0.717, 1.165) is 25.3 Å². The summed E-state index contributed by atoms with van der Waals surface area (Å²) < 4.78 is 5.49. The number of rotatable bonds is 8. The largest absolute Gasteiger partial charge is 0.469 e. The standard InChI is InChI=1S/C15H27NO/c1-5-15(6-2,12-16-11-13(3)4)10-14-8-7-9-17-14/h7-9,13,16H,5-6,10-12H2,1-4H3. The predicted octanol–water partition coefficient (Wildman–Crippen LogP) is 3.87. The molecule has 1 aromatic rings. The molecule has 0 fully saturated rings. The van der Waals surface area contributed by atoms with Crippen molar-refractivity contribution in [2.24, 2.45) is 11.3 Å². The average molecular weight is 237 g/mol. The normalized spacial score (nSPS) is 12.3. The molecule has 0 saturated carbocycles. The van der Waals surface area contributed by atoms with Crippen molar-refractivity contribution in [1.29, 1.82) is 0 Å². The van der Waals surface area contributed by atoms with Gasteiger partial charge < -0.3 is 9.73 Å². The van der Waals surface area contributed by atoms with Gasteiger partial charge in [-0.15, -0.1) is 0 Å². The van der Waals surface area contributed by atoms with Crippen molar-refractivity contribution < 1.29 is 4.42 Å². The topological polar surface area (TPSA) is 25.2 Å². The van der Waals surface area contributed by atoms with Crippen molar-refractivity contribution in [2.45, 2.75) is 47.0 Å². The summed E-state index contributed by atoms with van der Waals surface area (Å²) in [4.78, 5) is 0. The van der Waals surface area contributed by atoms with Gasteiger partial charge in [0.1, 0.15) is 5.76 Å². The summed E-state index contributed by atoms with van der Waals surface area (Å²) in [5, 5.41) is 3.60. The fourth-order valence-corrected chi connectivity index (χ4v) is 2.22. The van der Waals surface area contributed by atoms with Crippen molar-refractivity contribution in [3.8, 4) is 0 Å². The molecule has 2 heteroatoms. The molecule has 17 heavy (non-hydrogen) atoms. The Labute approximate surface area is 106 Å². The van der Waals surface area contributed by atoms with E-state index in [1.165, 1.54) is 12.8 Å². The molecule has 1 aromatic heterocycles. The van der Waals surface area contributed by atoms with Gasteiger partial charge in [-0.05, 0) is 42.9 Å². The van der Waals surface area contributed by atoms with Crippen LogP contribution < -0.4 is 5.32 Å². The number of nitrogens with one attached hydrogen (secondary N) is 1. The minimum absolute atomic E-state index is 0.340. The number of hydrogen-bond acceptors (Lipinski definition) is 2. The molecule has 0 aliphatic heterocycles. The summed E-state index contributed by atoms with van der Waals surface area (Å²) in [5.41, 5.74) is 0.340. The molecule has 1 heterocycles. The van der Waals surface area contributed by atoms with Gasteiger partial charge in [0.05, 0.1) is 6.26 Å². The molecule has 0 aliphatic carbocycles. The van der Waals surface area contributed by atoms with Crippen LogP contribution in [0.25, 0.3) is 0 Å². The lowest BCUT2D eigenvalue weighted by Gasteiger charge is -2.31. The van der Waals surface area contributed by atoms with Gasteiger partial charge in [-0.2, -0.15) is 0 Å². The smallest absolute Gasteiger partial charge is 0.104 e. The first-order valence-corrected chi connectivity index (χ1v) is 6.85. The van der Waals surface area contributed by atoms with E-state index in [-0.39, 0.29) is 0 Å². The highest BCUT2D eigenvalue weighted by Crippen LogP contribution is 2.30. The Morgan fingerprint density at radius 3 is 2.47 bits per heavy atom. The number of hydrogen-bond donors (Lipinski definition) is 1. The summed E-state index contributed by atoms with van der Waals surface area (Å²) >= 11 is 0. The van der Waals surface area contributed by atoms with Crippen LogP contribution in [-0.4, -0.2) is 13.1 Å². The molecule has 0 aromatic carbocycles. The van der Waals surface area contributed by atoms with Gasteiger partial charge in [-0.3, -0.25) is 0 Å². The van der Waals surface area contributed by atoms with Crippen LogP contribution in [-0.2, 0) is 6.42 Å². The number of furan rings is 1. The highest BCUT2D eigenvalue weighted by molar-refractivity contribution is 5.02. The second-order valence-electron chi connectivity index (χ2n) is 5.49. The second kappa shape index (κ2) is 6.85. The molecule has 1 rings (SSSR count). The minimum atomic E-state index is 0.340. The van der Waals surface area contributed by atoms with Crippen LogP contribution in [0.1, 0.15) is 46.3 Å². The van der Waals surface area contributed by atoms with E-state index in [0.29, 0.717) is 11.3 Å². The summed E-state index contributed by atoms with van der Waals surface area (Å²) in [6.07, 6.45) is 5.19. The molecule has 0 atom stereocenters. The highest BCUT2D eigenvalue weighted by atomic mass is 16.3. The van der Waals surface area contributed by atoms with E-state index < -0.39 is 0 Å². The zero-order valence-electron chi connectivity index (χ0n) is 11.8. The summed E-state index contributed by atoms with van der Waals surface area (Å²) in [5.74, 6) is 1.82. The fourth-order valence-electron chi connectivity index (χ4n) is 2.22. The van der Waals surface area contributed by atoms with E-state index in [1.807, 2.05) is 6.07 Å². The Morgan fingerprint density at radius 2 is 2.00 bits per heavy atom. The molecular weight excluding hydrogens is 210 g/mol. The molecule has 0 bridgehead atoms. The lowest BCUT2D eigenvalue weighted by molar-refractivity contribution is 0.227. The second-order valence-corrected chi connectivity index (χ2v) is 5.49. The van der Waals surface area contributed by atoms with Crippen molar-refractivity contribution in [2.75, 3.05) is 13.1 Å².